The summed E-state index contributed by atoms with van der Waals surface area (Å²) in [5.41, 5.74) is 3.26. The Morgan fingerprint density at radius 2 is 2.00 bits per heavy atom. The predicted octanol–water partition coefficient (Wildman–Crippen LogP) is 3.71. The summed E-state index contributed by atoms with van der Waals surface area (Å²) in [6.07, 6.45) is 6.54. The fourth-order valence-electron chi connectivity index (χ4n) is 4.14. The highest BCUT2D eigenvalue weighted by Gasteiger charge is 2.20. The molecule has 8 nitrogen and oxygen atoms in total. The summed E-state index contributed by atoms with van der Waals surface area (Å²) in [4.78, 5) is 27.4. The summed E-state index contributed by atoms with van der Waals surface area (Å²) in [6, 6.07) is 8.36. The molecular weight excluding hydrogens is 454 g/mol. The number of halogens is 2. The standard InChI is InChI=1S/C25H22F2N6O2/c1-14-9-16(33-8-7-28-13-33)11-21-23(14)32-24(31-21)22-20(5-6-29-25(22)35)30-15(12-34)10-17-18(26)3-2-4-19(17)27/h2-9,11,13,15,34H,10,12H2,1H3,(H,31,32)(H2,29,30,35). The van der Waals surface area contributed by atoms with Gasteiger partial charge in [-0.1, -0.05) is 6.07 Å². The molecule has 4 N–H and O–H groups in total. The molecule has 0 saturated heterocycles. The first-order chi connectivity index (χ1) is 16.9. The Kier molecular flexibility index (Phi) is 5.87. The van der Waals surface area contributed by atoms with Gasteiger partial charge in [-0.3, -0.25) is 4.79 Å². The number of aliphatic hydroxyl groups excluding tert-OH is 1. The van der Waals surface area contributed by atoms with Crippen molar-refractivity contribution >= 4 is 16.7 Å². The molecule has 0 aliphatic carbocycles. The zero-order chi connectivity index (χ0) is 24.5. The molecule has 1 atom stereocenters. The van der Waals surface area contributed by atoms with Crippen molar-refractivity contribution in [3.05, 3.63) is 94.4 Å². The van der Waals surface area contributed by atoms with Crippen LogP contribution in [0, 0.1) is 18.6 Å². The van der Waals surface area contributed by atoms with Crippen LogP contribution in [0.25, 0.3) is 28.1 Å². The smallest absolute Gasteiger partial charge is 0.261 e. The van der Waals surface area contributed by atoms with E-state index in [1.165, 1.54) is 24.4 Å². The first kappa shape index (κ1) is 22.5. The van der Waals surface area contributed by atoms with Crippen molar-refractivity contribution in [3.63, 3.8) is 0 Å². The highest BCUT2D eigenvalue weighted by molar-refractivity contribution is 5.86. The fourth-order valence-corrected chi connectivity index (χ4v) is 4.14. The summed E-state index contributed by atoms with van der Waals surface area (Å²) in [7, 11) is 0. The average molecular weight is 476 g/mol. The third-order valence-corrected chi connectivity index (χ3v) is 5.85. The van der Waals surface area contributed by atoms with Crippen molar-refractivity contribution in [2.75, 3.05) is 11.9 Å². The predicted molar refractivity (Wildman–Crippen MR) is 129 cm³/mol. The monoisotopic (exact) mass is 476 g/mol. The molecule has 35 heavy (non-hydrogen) atoms. The zero-order valence-corrected chi connectivity index (χ0v) is 18.7. The topological polar surface area (TPSA) is 112 Å². The average Bonchev–Trinajstić information content (AvgIpc) is 3.51. The fraction of sp³-hybridized carbons (Fsp3) is 0.160. The molecular formula is C25H22F2N6O2. The minimum atomic E-state index is -0.749. The van der Waals surface area contributed by atoms with Crippen LogP contribution in [0.3, 0.4) is 0 Å². The summed E-state index contributed by atoms with van der Waals surface area (Å²) in [6.45, 7) is 1.51. The largest absolute Gasteiger partial charge is 0.394 e. The Hall–Kier alpha value is -4.31. The number of aromatic amines is 2. The summed E-state index contributed by atoms with van der Waals surface area (Å²) in [5, 5.41) is 13.0. The second kappa shape index (κ2) is 9.15. The Balaban J connectivity index is 1.53. The van der Waals surface area contributed by atoms with E-state index in [4.69, 9.17) is 0 Å². The van der Waals surface area contributed by atoms with Crippen LogP contribution in [-0.2, 0) is 6.42 Å². The number of hydrogen-bond donors (Lipinski definition) is 4. The van der Waals surface area contributed by atoms with Gasteiger partial charge in [-0.05, 0) is 42.8 Å². The van der Waals surface area contributed by atoms with E-state index in [0.29, 0.717) is 17.0 Å². The molecule has 0 saturated carbocycles. The maximum atomic E-state index is 14.2. The minimum absolute atomic E-state index is 0.116. The molecule has 0 aliphatic heterocycles. The van der Waals surface area contributed by atoms with Gasteiger partial charge in [0.1, 0.15) is 23.0 Å². The minimum Gasteiger partial charge on any atom is -0.394 e. The maximum absolute atomic E-state index is 14.2. The molecule has 178 valence electrons. The second-order valence-corrected chi connectivity index (χ2v) is 8.24. The number of aliphatic hydroxyl groups is 1. The summed E-state index contributed by atoms with van der Waals surface area (Å²) >= 11 is 0. The lowest BCUT2D eigenvalue weighted by molar-refractivity contribution is 0.272. The molecule has 0 bridgehead atoms. The number of nitrogens with one attached hydrogen (secondary N) is 3. The third kappa shape index (κ3) is 4.31. The van der Waals surface area contributed by atoms with E-state index in [1.54, 1.807) is 18.6 Å². The Bertz CT molecular complexity index is 1540. The molecule has 3 heterocycles. The van der Waals surface area contributed by atoms with Crippen LogP contribution in [0.5, 0.6) is 0 Å². The Morgan fingerprint density at radius 3 is 2.71 bits per heavy atom. The van der Waals surface area contributed by atoms with E-state index < -0.39 is 29.8 Å². The second-order valence-electron chi connectivity index (χ2n) is 8.24. The molecule has 10 heteroatoms. The van der Waals surface area contributed by atoms with E-state index in [-0.39, 0.29) is 17.5 Å². The SMILES string of the molecule is Cc1cc(-n2ccnc2)cc2[nH]c(-c3c(NC(CO)Cc4c(F)cccc4F)cc[nH]c3=O)nc12. The molecule has 0 spiro atoms. The number of pyridine rings is 1. The number of aryl methyl sites for hydroxylation is 1. The van der Waals surface area contributed by atoms with Crippen LogP contribution in [-0.4, -0.2) is 42.3 Å². The molecule has 3 aromatic heterocycles. The summed E-state index contributed by atoms with van der Waals surface area (Å²) < 4.78 is 30.2. The van der Waals surface area contributed by atoms with Gasteiger partial charge in [0.05, 0.1) is 35.7 Å². The maximum Gasteiger partial charge on any atom is 0.261 e. The molecule has 2 aromatic carbocycles. The number of fused-ring (bicyclic) bond motifs is 1. The first-order valence-corrected chi connectivity index (χ1v) is 11.0. The normalized spacial score (nSPS) is 12.2. The zero-order valence-electron chi connectivity index (χ0n) is 18.7. The van der Waals surface area contributed by atoms with E-state index in [0.717, 1.165) is 16.8 Å². The molecule has 0 amide bonds. The van der Waals surface area contributed by atoms with Crippen LogP contribution in [0.2, 0.25) is 0 Å². The van der Waals surface area contributed by atoms with Gasteiger partial charge in [0.15, 0.2) is 0 Å². The lowest BCUT2D eigenvalue weighted by Crippen LogP contribution is -2.28. The molecule has 1 unspecified atom stereocenters. The van der Waals surface area contributed by atoms with Crippen LogP contribution in [0.1, 0.15) is 11.1 Å². The number of imidazole rings is 2. The number of H-pyrrole nitrogens is 2. The molecule has 0 radical (unpaired) electrons. The lowest BCUT2D eigenvalue weighted by Gasteiger charge is -2.19. The van der Waals surface area contributed by atoms with Crippen LogP contribution in [0.4, 0.5) is 14.5 Å². The first-order valence-electron chi connectivity index (χ1n) is 11.0. The number of hydrogen-bond acceptors (Lipinski definition) is 5. The Morgan fingerprint density at radius 1 is 1.20 bits per heavy atom. The molecule has 5 rings (SSSR count). The van der Waals surface area contributed by atoms with E-state index in [2.05, 4.69) is 25.3 Å². The number of benzene rings is 2. The van der Waals surface area contributed by atoms with Gasteiger partial charge in [0, 0.05) is 36.3 Å². The van der Waals surface area contributed by atoms with E-state index in [1.807, 2.05) is 29.8 Å². The number of nitrogens with zero attached hydrogens (tertiary/aromatic N) is 3. The van der Waals surface area contributed by atoms with Crippen molar-refractivity contribution in [2.45, 2.75) is 19.4 Å². The highest BCUT2D eigenvalue weighted by Crippen LogP contribution is 2.28. The Labute approximate surface area is 198 Å². The van der Waals surface area contributed by atoms with Gasteiger partial charge in [-0.25, -0.2) is 18.7 Å². The van der Waals surface area contributed by atoms with Crippen LogP contribution < -0.4 is 10.9 Å². The van der Waals surface area contributed by atoms with Crippen molar-refractivity contribution in [1.82, 2.24) is 24.5 Å². The van der Waals surface area contributed by atoms with Gasteiger partial charge in [-0.15, -0.1) is 0 Å². The van der Waals surface area contributed by atoms with Crippen molar-refractivity contribution in [3.8, 4) is 17.1 Å². The third-order valence-electron chi connectivity index (χ3n) is 5.85. The van der Waals surface area contributed by atoms with Gasteiger partial charge in [0.2, 0.25) is 0 Å². The number of anilines is 1. The van der Waals surface area contributed by atoms with Crippen LogP contribution >= 0.6 is 0 Å². The van der Waals surface area contributed by atoms with Gasteiger partial charge in [0.25, 0.3) is 5.56 Å². The highest BCUT2D eigenvalue weighted by atomic mass is 19.1. The molecule has 5 aromatic rings. The molecule has 0 fully saturated rings. The van der Waals surface area contributed by atoms with Gasteiger partial charge >= 0.3 is 0 Å². The lowest BCUT2D eigenvalue weighted by atomic mass is 10.0. The van der Waals surface area contributed by atoms with Crippen molar-refractivity contribution in [2.24, 2.45) is 0 Å². The van der Waals surface area contributed by atoms with Gasteiger partial charge < -0.3 is 25.0 Å². The molecule has 0 aliphatic rings. The van der Waals surface area contributed by atoms with E-state index >= 15 is 0 Å². The quantitative estimate of drug-likeness (QED) is 0.286. The van der Waals surface area contributed by atoms with Crippen LogP contribution in [0.15, 0.2) is 66.1 Å². The number of aromatic nitrogens is 5. The van der Waals surface area contributed by atoms with Crippen molar-refractivity contribution < 1.29 is 13.9 Å². The van der Waals surface area contributed by atoms with E-state index in [9.17, 15) is 18.7 Å². The summed E-state index contributed by atoms with van der Waals surface area (Å²) in [5.74, 6) is -1.07. The van der Waals surface area contributed by atoms with Crippen molar-refractivity contribution in [1.29, 1.82) is 0 Å². The van der Waals surface area contributed by atoms with Gasteiger partial charge in [-0.2, -0.15) is 0 Å². The number of rotatable bonds is 7.